The van der Waals surface area contributed by atoms with Crippen LogP contribution in [-0.4, -0.2) is 5.75 Å². The molecule has 0 unspecified atom stereocenters. The Balaban J connectivity index is 3.09. The smallest absolute Gasteiger partial charge is 0.166 e. The summed E-state index contributed by atoms with van der Waals surface area (Å²) in [5.74, 6) is 0.763. The largest absolute Gasteiger partial charge is 0.417 e. The van der Waals surface area contributed by atoms with Gasteiger partial charge < -0.3 is 0 Å². The molecule has 0 spiro atoms. The highest BCUT2D eigenvalue weighted by Gasteiger charge is 2.33. The van der Waals surface area contributed by atoms with Gasteiger partial charge >= 0.3 is 6.18 Å². The highest BCUT2D eigenvalue weighted by molar-refractivity contribution is 9.10. The molecule has 0 amide bonds. The van der Waals surface area contributed by atoms with E-state index in [1.807, 2.05) is 6.92 Å². The van der Waals surface area contributed by atoms with E-state index in [9.17, 15) is 13.2 Å². The predicted molar refractivity (Wildman–Crippen MR) is 55.5 cm³/mol. The average Bonchev–Trinajstić information content (AvgIpc) is 2.07. The summed E-state index contributed by atoms with van der Waals surface area (Å²) >= 11 is 4.28. The van der Waals surface area contributed by atoms with Crippen LogP contribution in [0.4, 0.5) is 13.2 Å². The lowest BCUT2D eigenvalue weighted by Gasteiger charge is -2.10. The standard InChI is InChI=1S/C9H8BrF3S/c1-2-14-6-3-4-8(10)7(5-6)9(11,12)13/h3-5H,2H2,1H3. The Hall–Kier alpha value is -0.160. The number of hydrogen-bond donors (Lipinski definition) is 0. The van der Waals surface area contributed by atoms with Crippen LogP contribution in [0.25, 0.3) is 0 Å². The maximum absolute atomic E-state index is 12.4. The van der Waals surface area contributed by atoms with Crippen molar-refractivity contribution in [2.45, 2.75) is 18.0 Å². The molecule has 0 bridgehead atoms. The van der Waals surface area contributed by atoms with E-state index in [0.29, 0.717) is 4.90 Å². The fourth-order valence-corrected chi connectivity index (χ4v) is 2.15. The molecule has 0 N–H and O–H groups in total. The van der Waals surface area contributed by atoms with Crippen molar-refractivity contribution in [2.24, 2.45) is 0 Å². The molecule has 0 aliphatic rings. The van der Waals surface area contributed by atoms with Gasteiger partial charge in [-0.15, -0.1) is 11.8 Å². The Labute approximate surface area is 93.0 Å². The van der Waals surface area contributed by atoms with Crippen LogP contribution < -0.4 is 0 Å². The Morgan fingerprint density at radius 1 is 1.36 bits per heavy atom. The van der Waals surface area contributed by atoms with E-state index in [4.69, 9.17) is 0 Å². The van der Waals surface area contributed by atoms with Gasteiger partial charge in [-0.05, 0) is 24.0 Å². The van der Waals surface area contributed by atoms with E-state index >= 15 is 0 Å². The van der Waals surface area contributed by atoms with E-state index in [2.05, 4.69) is 15.9 Å². The van der Waals surface area contributed by atoms with Crippen molar-refractivity contribution in [2.75, 3.05) is 5.75 Å². The fourth-order valence-electron chi connectivity index (χ4n) is 0.978. The maximum atomic E-state index is 12.4. The summed E-state index contributed by atoms with van der Waals surface area (Å²) in [5, 5.41) is 0. The third-order valence-corrected chi connectivity index (χ3v) is 3.12. The number of benzene rings is 1. The number of alkyl halides is 3. The molecule has 1 aromatic rings. The van der Waals surface area contributed by atoms with Crippen LogP contribution in [0, 0.1) is 0 Å². The van der Waals surface area contributed by atoms with Crippen molar-refractivity contribution in [3.63, 3.8) is 0 Å². The molecule has 0 nitrogen and oxygen atoms in total. The Kier molecular flexibility index (Phi) is 3.89. The van der Waals surface area contributed by atoms with E-state index in [0.717, 1.165) is 11.8 Å². The van der Waals surface area contributed by atoms with Gasteiger partial charge in [-0.3, -0.25) is 0 Å². The van der Waals surface area contributed by atoms with Gasteiger partial charge in [0.2, 0.25) is 0 Å². The molecular formula is C9H8BrF3S. The second-order valence-corrected chi connectivity index (χ2v) is 4.76. The quantitative estimate of drug-likeness (QED) is 0.717. The third kappa shape index (κ3) is 2.92. The molecule has 0 saturated carbocycles. The monoisotopic (exact) mass is 284 g/mol. The molecule has 1 rings (SSSR count). The van der Waals surface area contributed by atoms with Crippen LogP contribution in [0.15, 0.2) is 27.6 Å². The zero-order valence-corrected chi connectivity index (χ0v) is 9.76. The molecule has 0 aliphatic carbocycles. The minimum absolute atomic E-state index is 0.0884. The van der Waals surface area contributed by atoms with Crippen LogP contribution in [0.2, 0.25) is 0 Å². The molecule has 0 atom stereocenters. The molecule has 0 fully saturated rings. The summed E-state index contributed by atoms with van der Waals surface area (Å²) in [4.78, 5) is 0.642. The minimum atomic E-state index is -4.29. The molecule has 1 aromatic carbocycles. The van der Waals surface area contributed by atoms with Gasteiger partial charge in [0.05, 0.1) is 5.56 Å². The summed E-state index contributed by atoms with van der Waals surface area (Å²) in [5.41, 5.74) is -0.615. The molecule has 0 saturated heterocycles. The molecule has 0 aliphatic heterocycles. The van der Waals surface area contributed by atoms with Crippen molar-refractivity contribution in [1.82, 2.24) is 0 Å². The van der Waals surface area contributed by atoms with Gasteiger partial charge in [0.15, 0.2) is 0 Å². The number of thioether (sulfide) groups is 1. The highest BCUT2D eigenvalue weighted by atomic mass is 79.9. The predicted octanol–water partition coefficient (Wildman–Crippen LogP) is 4.58. The molecular weight excluding hydrogens is 277 g/mol. The van der Waals surface area contributed by atoms with E-state index in [1.54, 1.807) is 6.07 Å². The summed E-state index contributed by atoms with van der Waals surface area (Å²) < 4.78 is 37.4. The zero-order chi connectivity index (χ0) is 10.8. The first kappa shape index (κ1) is 11.9. The van der Waals surface area contributed by atoms with Gasteiger partial charge in [-0.1, -0.05) is 22.9 Å². The molecule has 0 heterocycles. The van der Waals surface area contributed by atoms with Crippen LogP contribution in [-0.2, 0) is 6.18 Å². The summed E-state index contributed by atoms with van der Waals surface area (Å²) in [7, 11) is 0. The van der Waals surface area contributed by atoms with Gasteiger partial charge in [0.25, 0.3) is 0 Å². The highest BCUT2D eigenvalue weighted by Crippen LogP contribution is 2.36. The van der Waals surface area contributed by atoms with Crippen LogP contribution in [0.5, 0.6) is 0 Å². The van der Waals surface area contributed by atoms with Crippen LogP contribution in [0.1, 0.15) is 12.5 Å². The normalized spacial score (nSPS) is 11.8. The van der Waals surface area contributed by atoms with Crippen molar-refractivity contribution in [3.05, 3.63) is 28.2 Å². The Morgan fingerprint density at radius 3 is 2.50 bits per heavy atom. The van der Waals surface area contributed by atoms with Crippen molar-refractivity contribution < 1.29 is 13.2 Å². The van der Waals surface area contributed by atoms with Gasteiger partial charge in [0, 0.05) is 9.37 Å². The summed E-state index contributed by atoms with van der Waals surface area (Å²) in [6.07, 6.45) is -4.29. The lowest BCUT2D eigenvalue weighted by Crippen LogP contribution is -2.05. The van der Waals surface area contributed by atoms with Crippen molar-refractivity contribution in [1.29, 1.82) is 0 Å². The zero-order valence-electron chi connectivity index (χ0n) is 7.36. The van der Waals surface area contributed by atoms with E-state index in [-0.39, 0.29) is 4.47 Å². The summed E-state index contributed by atoms with van der Waals surface area (Å²) in [6.45, 7) is 1.90. The topological polar surface area (TPSA) is 0 Å². The number of rotatable bonds is 2. The fraction of sp³-hybridized carbons (Fsp3) is 0.333. The average molecular weight is 285 g/mol. The van der Waals surface area contributed by atoms with E-state index in [1.165, 1.54) is 17.8 Å². The molecule has 0 radical (unpaired) electrons. The van der Waals surface area contributed by atoms with Crippen LogP contribution >= 0.6 is 27.7 Å². The van der Waals surface area contributed by atoms with Crippen molar-refractivity contribution in [3.8, 4) is 0 Å². The second-order valence-electron chi connectivity index (χ2n) is 2.57. The maximum Gasteiger partial charge on any atom is 0.417 e. The number of hydrogen-bond acceptors (Lipinski definition) is 1. The SMILES string of the molecule is CCSc1ccc(Br)c(C(F)(F)F)c1. The van der Waals surface area contributed by atoms with E-state index < -0.39 is 11.7 Å². The number of halogens is 4. The van der Waals surface area contributed by atoms with Crippen LogP contribution in [0.3, 0.4) is 0 Å². The Morgan fingerprint density at radius 2 is 2.00 bits per heavy atom. The minimum Gasteiger partial charge on any atom is -0.166 e. The molecule has 14 heavy (non-hydrogen) atoms. The lowest BCUT2D eigenvalue weighted by atomic mass is 10.2. The molecule has 0 aromatic heterocycles. The third-order valence-electron chi connectivity index (χ3n) is 1.55. The van der Waals surface area contributed by atoms with Gasteiger partial charge in [-0.25, -0.2) is 0 Å². The lowest BCUT2D eigenvalue weighted by molar-refractivity contribution is -0.138. The molecule has 78 valence electrons. The van der Waals surface area contributed by atoms with Crippen molar-refractivity contribution >= 4 is 27.7 Å². The summed E-state index contributed by atoms with van der Waals surface area (Å²) in [6, 6.07) is 4.27. The Bertz CT molecular complexity index is 322. The first-order chi connectivity index (χ1) is 6.45. The first-order valence-corrected chi connectivity index (χ1v) is 5.72. The van der Waals surface area contributed by atoms with Gasteiger partial charge in [-0.2, -0.15) is 13.2 Å². The van der Waals surface area contributed by atoms with Gasteiger partial charge in [0.1, 0.15) is 0 Å². The second kappa shape index (κ2) is 4.57. The first-order valence-electron chi connectivity index (χ1n) is 3.94. The molecule has 5 heteroatoms.